The molecular formula is C21H23N3O2S. The normalized spacial score (nSPS) is 20.0. The highest BCUT2D eigenvalue weighted by atomic mass is 32.2. The molecule has 6 heteroatoms. The third-order valence-electron chi connectivity index (χ3n) is 4.77. The fourth-order valence-corrected chi connectivity index (χ4v) is 4.29. The zero-order valence-electron chi connectivity index (χ0n) is 15.1. The monoisotopic (exact) mass is 381 g/mol. The standard InChI is InChI=1S/C21H23N3O2S/c25-21(20-14-19(23-26-20)17-6-2-1-3-7-17)22-18-8-4-5-16(13-18)15-24-9-11-27-12-10-24/h1-8,13,20H,9-12,14-15H2,(H,22,25). The number of oxime groups is 1. The van der Waals surface area contributed by atoms with Crippen molar-refractivity contribution in [3.8, 4) is 0 Å². The Morgan fingerprint density at radius 1 is 1.15 bits per heavy atom. The van der Waals surface area contributed by atoms with Gasteiger partial charge in [0.2, 0.25) is 6.10 Å². The number of rotatable bonds is 5. The average molecular weight is 382 g/mol. The Balaban J connectivity index is 1.34. The molecule has 1 fully saturated rings. The second-order valence-corrected chi connectivity index (χ2v) is 8.01. The van der Waals surface area contributed by atoms with Crippen molar-refractivity contribution in [2.45, 2.75) is 19.1 Å². The van der Waals surface area contributed by atoms with Gasteiger partial charge in [-0.2, -0.15) is 11.8 Å². The van der Waals surface area contributed by atoms with Gasteiger partial charge in [-0.05, 0) is 23.3 Å². The summed E-state index contributed by atoms with van der Waals surface area (Å²) in [5, 5.41) is 7.07. The minimum atomic E-state index is -0.581. The molecule has 1 N–H and O–H groups in total. The van der Waals surface area contributed by atoms with Crippen molar-refractivity contribution >= 4 is 29.1 Å². The SMILES string of the molecule is O=C(Nc1cccc(CN2CCSCC2)c1)C1CC(c2ccccc2)=NO1. The minimum absolute atomic E-state index is 0.156. The second kappa shape index (κ2) is 8.59. The third-order valence-corrected chi connectivity index (χ3v) is 5.72. The van der Waals surface area contributed by atoms with Gasteiger partial charge in [-0.25, -0.2) is 0 Å². The average Bonchev–Trinajstić information content (AvgIpc) is 3.20. The molecule has 140 valence electrons. The molecule has 2 aliphatic rings. The number of anilines is 1. The van der Waals surface area contributed by atoms with Gasteiger partial charge in [-0.1, -0.05) is 47.6 Å². The molecule has 1 unspecified atom stereocenters. The zero-order chi connectivity index (χ0) is 18.5. The van der Waals surface area contributed by atoms with Crippen LogP contribution < -0.4 is 5.32 Å². The first-order chi connectivity index (χ1) is 13.3. The molecule has 0 radical (unpaired) electrons. The molecule has 2 heterocycles. The summed E-state index contributed by atoms with van der Waals surface area (Å²) in [5.74, 6) is 2.23. The Labute approximate surface area is 163 Å². The fraction of sp³-hybridized carbons (Fsp3) is 0.333. The van der Waals surface area contributed by atoms with Crippen LogP contribution >= 0.6 is 11.8 Å². The van der Waals surface area contributed by atoms with E-state index in [9.17, 15) is 4.79 Å². The fourth-order valence-electron chi connectivity index (χ4n) is 3.31. The maximum atomic E-state index is 12.6. The van der Waals surface area contributed by atoms with Gasteiger partial charge < -0.3 is 10.2 Å². The number of carbonyl (C=O) groups excluding carboxylic acids is 1. The summed E-state index contributed by atoms with van der Waals surface area (Å²) in [6.45, 7) is 3.17. The number of nitrogens with one attached hydrogen (secondary N) is 1. The van der Waals surface area contributed by atoms with Crippen molar-refractivity contribution in [2.75, 3.05) is 29.9 Å². The van der Waals surface area contributed by atoms with Crippen LogP contribution in [0.4, 0.5) is 5.69 Å². The third kappa shape index (κ3) is 4.70. The summed E-state index contributed by atoms with van der Waals surface area (Å²) < 4.78 is 0. The van der Waals surface area contributed by atoms with E-state index in [1.165, 1.54) is 17.1 Å². The first-order valence-corrected chi connectivity index (χ1v) is 10.4. The van der Waals surface area contributed by atoms with Crippen molar-refractivity contribution in [2.24, 2.45) is 5.16 Å². The Morgan fingerprint density at radius 2 is 1.96 bits per heavy atom. The summed E-state index contributed by atoms with van der Waals surface area (Å²) in [4.78, 5) is 20.4. The number of benzene rings is 2. The van der Waals surface area contributed by atoms with Crippen molar-refractivity contribution in [1.82, 2.24) is 4.90 Å². The number of hydrogen-bond donors (Lipinski definition) is 1. The van der Waals surface area contributed by atoms with Crippen LogP contribution in [-0.4, -0.2) is 47.2 Å². The van der Waals surface area contributed by atoms with E-state index in [4.69, 9.17) is 4.84 Å². The molecule has 0 aromatic heterocycles. The van der Waals surface area contributed by atoms with Gasteiger partial charge in [0.05, 0.1) is 5.71 Å². The summed E-state index contributed by atoms with van der Waals surface area (Å²) in [7, 11) is 0. The molecule has 0 spiro atoms. The molecular weight excluding hydrogens is 358 g/mol. The molecule has 5 nitrogen and oxygen atoms in total. The van der Waals surface area contributed by atoms with Crippen molar-refractivity contribution in [1.29, 1.82) is 0 Å². The highest BCUT2D eigenvalue weighted by Gasteiger charge is 2.28. The van der Waals surface area contributed by atoms with Crippen LogP contribution in [0.15, 0.2) is 59.8 Å². The predicted molar refractivity (Wildman–Crippen MR) is 110 cm³/mol. The number of thioether (sulfide) groups is 1. The Morgan fingerprint density at radius 3 is 2.78 bits per heavy atom. The molecule has 0 saturated carbocycles. The summed E-state index contributed by atoms with van der Waals surface area (Å²) in [6.07, 6.45) is -0.0935. The van der Waals surface area contributed by atoms with Gasteiger partial charge in [0, 0.05) is 43.2 Å². The highest BCUT2D eigenvalue weighted by molar-refractivity contribution is 7.99. The summed E-state index contributed by atoms with van der Waals surface area (Å²) >= 11 is 2.01. The van der Waals surface area contributed by atoms with Crippen LogP contribution in [0, 0.1) is 0 Å². The van der Waals surface area contributed by atoms with E-state index in [2.05, 4.69) is 21.4 Å². The van der Waals surface area contributed by atoms with Crippen LogP contribution in [0.5, 0.6) is 0 Å². The predicted octanol–water partition coefficient (Wildman–Crippen LogP) is 3.37. The van der Waals surface area contributed by atoms with Gasteiger partial charge in [0.15, 0.2) is 0 Å². The second-order valence-electron chi connectivity index (χ2n) is 6.78. The lowest BCUT2D eigenvalue weighted by molar-refractivity contribution is -0.125. The van der Waals surface area contributed by atoms with Crippen LogP contribution in [0.1, 0.15) is 17.5 Å². The van der Waals surface area contributed by atoms with Crippen molar-refractivity contribution < 1.29 is 9.63 Å². The van der Waals surface area contributed by atoms with Crippen LogP contribution in [-0.2, 0) is 16.2 Å². The molecule has 2 aromatic carbocycles. The first-order valence-electron chi connectivity index (χ1n) is 9.26. The van der Waals surface area contributed by atoms with E-state index < -0.39 is 6.10 Å². The number of carbonyl (C=O) groups is 1. The number of nitrogens with zero attached hydrogens (tertiary/aromatic N) is 2. The lowest BCUT2D eigenvalue weighted by atomic mass is 10.0. The number of amides is 1. The lowest BCUT2D eigenvalue weighted by Crippen LogP contribution is -2.32. The Kier molecular flexibility index (Phi) is 5.75. The Bertz CT molecular complexity index is 819. The Hall–Kier alpha value is -2.31. The first kappa shape index (κ1) is 18.1. The van der Waals surface area contributed by atoms with Gasteiger partial charge in [0.1, 0.15) is 0 Å². The van der Waals surface area contributed by atoms with E-state index in [-0.39, 0.29) is 5.91 Å². The molecule has 1 atom stereocenters. The topological polar surface area (TPSA) is 53.9 Å². The molecule has 1 amide bonds. The van der Waals surface area contributed by atoms with E-state index in [1.807, 2.05) is 60.3 Å². The van der Waals surface area contributed by atoms with Gasteiger partial charge in [-0.15, -0.1) is 0 Å². The molecule has 27 heavy (non-hydrogen) atoms. The van der Waals surface area contributed by atoms with Crippen LogP contribution in [0.2, 0.25) is 0 Å². The molecule has 1 saturated heterocycles. The van der Waals surface area contributed by atoms with Crippen molar-refractivity contribution in [3.63, 3.8) is 0 Å². The van der Waals surface area contributed by atoms with E-state index >= 15 is 0 Å². The van der Waals surface area contributed by atoms with Gasteiger partial charge in [0.25, 0.3) is 5.91 Å². The highest BCUT2D eigenvalue weighted by Crippen LogP contribution is 2.20. The molecule has 4 rings (SSSR count). The molecule has 0 aliphatic carbocycles. The maximum Gasteiger partial charge on any atom is 0.268 e. The van der Waals surface area contributed by atoms with E-state index in [1.54, 1.807) is 0 Å². The molecule has 0 bridgehead atoms. The van der Waals surface area contributed by atoms with E-state index in [0.717, 1.165) is 36.6 Å². The lowest BCUT2D eigenvalue weighted by Gasteiger charge is -2.26. The minimum Gasteiger partial charge on any atom is -0.382 e. The van der Waals surface area contributed by atoms with Crippen molar-refractivity contribution in [3.05, 3.63) is 65.7 Å². The summed E-state index contributed by atoms with van der Waals surface area (Å²) in [5.41, 5.74) is 3.83. The number of hydrogen-bond acceptors (Lipinski definition) is 5. The summed E-state index contributed by atoms with van der Waals surface area (Å²) in [6, 6.07) is 17.9. The van der Waals surface area contributed by atoms with Gasteiger partial charge >= 0.3 is 0 Å². The smallest absolute Gasteiger partial charge is 0.268 e. The maximum absolute atomic E-state index is 12.6. The molecule has 2 aliphatic heterocycles. The molecule has 2 aromatic rings. The van der Waals surface area contributed by atoms with Crippen LogP contribution in [0.25, 0.3) is 0 Å². The zero-order valence-corrected chi connectivity index (χ0v) is 16.0. The quantitative estimate of drug-likeness (QED) is 0.863. The largest absolute Gasteiger partial charge is 0.382 e. The van der Waals surface area contributed by atoms with Crippen LogP contribution in [0.3, 0.4) is 0 Å². The van der Waals surface area contributed by atoms with Gasteiger partial charge in [-0.3, -0.25) is 9.69 Å². The van der Waals surface area contributed by atoms with E-state index in [0.29, 0.717) is 6.42 Å².